The van der Waals surface area contributed by atoms with Gasteiger partial charge in [-0.25, -0.2) is 0 Å². The van der Waals surface area contributed by atoms with E-state index in [-0.39, 0.29) is 10.8 Å². The van der Waals surface area contributed by atoms with E-state index in [1.54, 1.807) is 0 Å². The fourth-order valence-corrected chi connectivity index (χ4v) is 5.08. The first-order valence-electron chi connectivity index (χ1n) is 12.2. The average Bonchev–Trinajstić information content (AvgIpc) is 2.89. The summed E-state index contributed by atoms with van der Waals surface area (Å²) in [6.45, 7) is 6.97. The van der Waals surface area contributed by atoms with E-state index < -0.39 is 0 Å². The first-order valence-corrected chi connectivity index (χ1v) is 12.2. The van der Waals surface area contributed by atoms with Gasteiger partial charge in [-0.3, -0.25) is 0 Å². The number of hydrogen-bond donors (Lipinski definition) is 0. The molecule has 1 unspecified atom stereocenters. The second-order valence-corrected chi connectivity index (χ2v) is 10.2. The maximum absolute atomic E-state index is 2.41. The zero-order valence-electron chi connectivity index (χ0n) is 20.3. The Balaban J connectivity index is 1.71. The summed E-state index contributed by atoms with van der Waals surface area (Å²) in [6, 6.07) is 39.6. The molecule has 0 amide bonds. The number of rotatable bonds is 5. The summed E-state index contributed by atoms with van der Waals surface area (Å²) in [5.74, 6) is 0. The molecule has 0 bridgehead atoms. The van der Waals surface area contributed by atoms with Gasteiger partial charge in [0.05, 0.1) is 0 Å². The summed E-state index contributed by atoms with van der Waals surface area (Å²) < 4.78 is 0. The van der Waals surface area contributed by atoms with Crippen molar-refractivity contribution in [3.8, 4) is 11.1 Å². The molecule has 1 aliphatic rings. The molecule has 0 heteroatoms. The Morgan fingerprint density at radius 2 is 1.26 bits per heavy atom. The normalized spacial score (nSPS) is 16.5. The van der Waals surface area contributed by atoms with Crippen LogP contribution in [0.1, 0.15) is 49.4 Å². The van der Waals surface area contributed by atoms with E-state index in [4.69, 9.17) is 0 Å². The number of allylic oxidation sites excluding steroid dienone is 4. The molecule has 0 aliphatic heterocycles. The molecular formula is C34H32. The molecular weight excluding hydrogens is 408 g/mol. The van der Waals surface area contributed by atoms with E-state index in [0.717, 1.165) is 6.42 Å². The van der Waals surface area contributed by atoms with E-state index in [9.17, 15) is 0 Å². The largest absolute Gasteiger partial charge is 0.0779 e. The number of benzene rings is 4. The third kappa shape index (κ3) is 4.17. The topological polar surface area (TPSA) is 0 Å². The molecule has 0 heterocycles. The van der Waals surface area contributed by atoms with E-state index in [0.29, 0.717) is 0 Å². The van der Waals surface area contributed by atoms with Crippen molar-refractivity contribution in [1.82, 2.24) is 0 Å². The van der Waals surface area contributed by atoms with Gasteiger partial charge in [0.1, 0.15) is 0 Å². The standard InChI is InChI=1S/C34H32/c1-33(2)23-21-27(22-24-33)31-19-10-11-20-32(31)34(3,29-16-8-5-9-17-29)30-18-12-15-28(25-30)26-13-6-4-7-14-26/h4-23,25H,24H2,1-3H3. The second-order valence-electron chi connectivity index (χ2n) is 10.2. The minimum absolute atomic E-state index is 0.213. The van der Waals surface area contributed by atoms with Crippen molar-refractivity contribution in [2.45, 2.75) is 32.6 Å². The Bertz CT molecular complexity index is 1340. The van der Waals surface area contributed by atoms with Crippen molar-refractivity contribution < 1.29 is 0 Å². The molecule has 0 aromatic heterocycles. The molecule has 4 aromatic carbocycles. The summed E-state index contributed by atoms with van der Waals surface area (Å²) in [7, 11) is 0. The molecule has 0 nitrogen and oxygen atoms in total. The van der Waals surface area contributed by atoms with Crippen LogP contribution in [0, 0.1) is 5.41 Å². The fourth-order valence-electron chi connectivity index (χ4n) is 5.08. The third-order valence-corrected chi connectivity index (χ3v) is 7.24. The van der Waals surface area contributed by atoms with Gasteiger partial charge in [-0.2, -0.15) is 0 Å². The van der Waals surface area contributed by atoms with Crippen LogP contribution < -0.4 is 0 Å². The highest BCUT2D eigenvalue weighted by molar-refractivity contribution is 5.79. The predicted octanol–water partition coefficient (Wildman–Crippen LogP) is 9.08. The summed E-state index contributed by atoms with van der Waals surface area (Å²) in [5.41, 5.74) is 8.96. The lowest BCUT2D eigenvalue weighted by atomic mass is 9.68. The van der Waals surface area contributed by atoms with Crippen molar-refractivity contribution >= 4 is 5.57 Å². The molecule has 34 heavy (non-hydrogen) atoms. The maximum Gasteiger partial charge on any atom is 0.0429 e. The Morgan fingerprint density at radius 1 is 0.647 bits per heavy atom. The monoisotopic (exact) mass is 440 g/mol. The molecule has 1 atom stereocenters. The van der Waals surface area contributed by atoms with Crippen LogP contribution >= 0.6 is 0 Å². The van der Waals surface area contributed by atoms with Gasteiger partial charge in [-0.05, 0) is 63.8 Å². The maximum atomic E-state index is 2.41. The molecule has 0 saturated carbocycles. The second kappa shape index (κ2) is 8.95. The van der Waals surface area contributed by atoms with Gasteiger partial charge in [0, 0.05) is 5.41 Å². The molecule has 168 valence electrons. The smallest absolute Gasteiger partial charge is 0.0429 e. The first-order chi connectivity index (χ1) is 16.5. The van der Waals surface area contributed by atoms with E-state index >= 15 is 0 Å². The lowest BCUT2D eigenvalue weighted by molar-refractivity contribution is 0.485. The van der Waals surface area contributed by atoms with Gasteiger partial charge >= 0.3 is 0 Å². The molecule has 0 saturated heterocycles. The number of hydrogen-bond acceptors (Lipinski definition) is 0. The average molecular weight is 441 g/mol. The Hall–Kier alpha value is -3.64. The molecule has 1 aliphatic carbocycles. The van der Waals surface area contributed by atoms with Crippen LogP contribution in [0.4, 0.5) is 0 Å². The first kappa shape index (κ1) is 22.2. The molecule has 5 rings (SSSR count). The van der Waals surface area contributed by atoms with Gasteiger partial charge in [0.15, 0.2) is 0 Å². The Kier molecular flexibility index (Phi) is 5.84. The van der Waals surface area contributed by atoms with Crippen LogP contribution in [0.2, 0.25) is 0 Å². The Morgan fingerprint density at radius 3 is 1.97 bits per heavy atom. The molecule has 4 aromatic rings. The lowest BCUT2D eigenvalue weighted by Gasteiger charge is -2.35. The lowest BCUT2D eigenvalue weighted by Crippen LogP contribution is -2.27. The summed E-state index contributed by atoms with van der Waals surface area (Å²) in [5, 5.41) is 0. The van der Waals surface area contributed by atoms with Crippen molar-refractivity contribution in [1.29, 1.82) is 0 Å². The van der Waals surface area contributed by atoms with Gasteiger partial charge < -0.3 is 0 Å². The van der Waals surface area contributed by atoms with Crippen LogP contribution in [0.5, 0.6) is 0 Å². The third-order valence-electron chi connectivity index (χ3n) is 7.24. The molecule has 0 radical (unpaired) electrons. The van der Waals surface area contributed by atoms with E-state index in [2.05, 4.69) is 148 Å². The summed E-state index contributed by atoms with van der Waals surface area (Å²) >= 11 is 0. The van der Waals surface area contributed by atoms with Crippen LogP contribution in [0.3, 0.4) is 0 Å². The summed E-state index contributed by atoms with van der Waals surface area (Å²) in [6.07, 6.45) is 8.13. The van der Waals surface area contributed by atoms with Gasteiger partial charge in [-0.1, -0.05) is 135 Å². The van der Waals surface area contributed by atoms with Gasteiger partial charge in [0.2, 0.25) is 0 Å². The predicted molar refractivity (Wildman–Crippen MR) is 146 cm³/mol. The minimum atomic E-state index is -0.301. The molecule has 0 fully saturated rings. The van der Waals surface area contributed by atoms with Gasteiger partial charge in [0.25, 0.3) is 0 Å². The fraction of sp³-hybridized carbons (Fsp3) is 0.176. The van der Waals surface area contributed by atoms with Crippen molar-refractivity contribution in [3.05, 3.63) is 150 Å². The van der Waals surface area contributed by atoms with E-state index in [1.165, 1.54) is 39.0 Å². The van der Waals surface area contributed by atoms with Crippen LogP contribution in [-0.4, -0.2) is 0 Å². The van der Waals surface area contributed by atoms with Crippen LogP contribution in [0.25, 0.3) is 16.7 Å². The Labute approximate surface area is 204 Å². The van der Waals surface area contributed by atoms with E-state index in [1.807, 2.05) is 0 Å². The summed E-state index contributed by atoms with van der Waals surface area (Å²) in [4.78, 5) is 0. The highest BCUT2D eigenvalue weighted by Crippen LogP contribution is 2.44. The SMILES string of the molecule is CC1(C)C=CC(c2ccccc2C(C)(c2ccccc2)c2cccc(-c3ccccc3)c2)=CC1. The molecule has 0 N–H and O–H groups in total. The highest BCUT2D eigenvalue weighted by Gasteiger charge is 2.34. The van der Waals surface area contributed by atoms with Crippen molar-refractivity contribution in [2.24, 2.45) is 5.41 Å². The quantitative estimate of drug-likeness (QED) is 0.271. The zero-order valence-corrected chi connectivity index (χ0v) is 20.3. The van der Waals surface area contributed by atoms with Crippen LogP contribution in [-0.2, 0) is 5.41 Å². The minimum Gasteiger partial charge on any atom is -0.0779 e. The molecule has 0 spiro atoms. The van der Waals surface area contributed by atoms with Gasteiger partial charge in [-0.15, -0.1) is 0 Å². The highest BCUT2D eigenvalue weighted by atomic mass is 14.4. The zero-order chi connectivity index (χ0) is 23.6. The van der Waals surface area contributed by atoms with Crippen molar-refractivity contribution in [3.63, 3.8) is 0 Å². The van der Waals surface area contributed by atoms with Crippen molar-refractivity contribution in [2.75, 3.05) is 0 Å². The van der Waals surface area contributed by atoms with Crippen LogP contribution in [0.15, 0.2) is 127 Å².